The van der Waals surface area contributed by atoms with Gasteiger partial charge in [0.05, 0.1) is 16.6 Å². The van der Waals surface area contributed by atoms with Crippen LogP contribution in [0.4, 0.5) is 4.39 Å². The number of Topliss-reactive ketones (excluding diaryl/α,β-unsaturated/α-hetero) is 1. The van der Waals surface area contributed by atoms with Crippen LogP contribution in [0, 0.1) is 11.7 Å². The second-order valence-corrected chi connectivity index (χ2v) is 4.73. The van der Waals surface area contributed by atoms with Crippen molar-refractivity contribution in [2.24, 2.45) is 5.92 Å². The minimum absolute atomic E-state index is 0.154. The van der Waals surface area contributed by atoms with E-state index < -0.39 is 5.82 Å². The second kappa shape index (κ2) is 5.06. The van der Waals surface area contributed by atoms with Crippen molar-refractivity contribution >= 4 is 21.7 Å². The number of hydrogen-bond donors (Lipinski definition) is 0. The SMILES string of the molecule is O=C(c1cccc(Br)c1F)C1CCCOC1. The van der Waals surface area contributed by atoms with E-state index in [0.29, 0.717) is 17.7 Å². The van der Waals surface area contributed by atoms with Gasteiger partial charge < -0.3 is 4.74 Å². The van der Waals surface area contributed by atoms with Gasteiger partial charge >= 0.3 is 0 Å². The largest absolute Gasteiger partial charge is 0.381 e. The standard InChI is InChI=1S/C12H12BrFO2/c13-10-5-1-4-9(11(10)14)12(15)8-3-2-6-16-7-8/h1,4-5,8H,2-3,6-7H2. The molecule has 1 heterocycles. The van der Waals surface area contributed by atoms with Gasteiger partial charge in [-0.1, -0.05) is 6.07 Å². The molecule has 0 saturated carbocycles. The molecular weight excluding hydrogens is 275 g/mol. The van der Waals surface area contributed by atoms with Gasteiger partial charge in [0.25, 0.3) is 0 Å². The summed E-state index contributed by atoms with van der Waals surface area (Å²) >= 11 is 3.08. The maximum atomic E-state index is 13.7. The molecule has 1 atom stereocenters. The third kappa shape index (κ3) is 2.33. The van der Waals surface area contributed by atoms with Gasteiger partial charge in [-0.25, -0.2) is 4.39 Å². The van der Waals surface area contributed by atoms with E-state index in [1.54, 1.807) is 12.1 Å². The summed E-state index contributed by atoms with van der Waals surface area (Å²) in [7, 11) is 0. The normalized spacial score (nSPS) is 20.8. The van der Waals surface area contributed by atoms with Gasteiger partial charge in [0.2, 0.25) is 0 Å². The molecule has 0 bridgehead atoms. The van der Waals surface area contributed by atoms with Crippen molar-refractivity contribution in [3.8, 4) is 0 Å². The molecule has 1 aromatic carbocycles. The number of hydrogen-bond acceptors (Lipinski definition) is 2. The van der Waals surface area contributed by atoms with E-state index in [2.05, 4.69) is 15.9 Å². The van der Waals surface area contributed by atoms with E-state index >= 15 is 0 Å². The topological polar surface area (TPSA) is 26.3 Å². The van der Waals surface area contributed by atoms with Crippen LogP contribution in [-0.2, 0) is 4.74 Å². The molecule has 0 aliphatic carbocycles. The average Bonchev–Trinajstić information content (AvgIpc) is 2.33. The Kier molecular flexibility index (Phi) is 3.71. The summed E-state index contributed by atoms with van der Waals surface area (Å²) in [4.78, 5) is 12.0. The molecule has 1 aliphatic rings. The van der Waals surface area contributed by atoms with Crippen LogP contribution in [-0.4, -0.2) is 19.0 Å². The van der Waals surface area contributed by atoms with Crippen LogP contribution < -0.4 is 0 Å². The van der Waals surface area contributed by atoms with Crippen LogP contribution in [0.5, 0.6) is 0 Å². The maximum absolute atomic E-state index is 13.7. The molecule has 1 saturated heterocycles. The van der Waals surface area contributed by atoms with E-state index in [4.69, 9.17) is 4.74 Å². The minimum atomic E-state index is -0.474. The summed E-state index contributed by atoms with van der Waals surface area (Å²) in [5.41, 5.74) is 0.157. The molecule has 2 nitrogen and oxygen atoms in total. The van der Waals surface area contributed by atoms with Gasteiger partial charge in [0.15, 0.2) is 5.78 Å². The number of ketones is 1. The molecule has 0 amide bonds. The first-order chi connectivity index (χ1) is 7.70. The lowest BCUT2D eigenvalue weighted by molar-refractivity contribution is 0.0458. The van der Waals surface area contributed by atoms with Crippen molar-refractivity contribution in [2.75, 3.05) is 13.2 Å². The Hall–Kier alpha value is -0.740. The third-order valence-corrected chi connectivity index (χ3v) is 3.36. The molecule has 1 unspecified atom stereocenters. The highest BCUT2D eigenvalue weighted by atomic mass is 79.9. The summed E-state index contributed by atoms with van der Waals surface area (Å²) < 4.78 is 19.3. The van der Waals surface area contributed by atoms with E-state index in [9.17, 15) is 9.18 Å². The van der Waals surface area contributed by atoms with Crippen LogP contribution in [0.15, 0.2) is 22.7 Å². The highest BCUT2D eigenvalue weighted by Gasteiger charge is 2.25. The van der Waals surface area contributed by atoms with Crippen LogP contribution in [0.3, 0.4) is 0 Å². The number of rotatable bonds is 2. The van der Waals surface area contributed by atoms with Gasteiger partial charge in [-0.05, 0) is 40.9 Å². The quantitative estimate of drug-likeness (QED) is 0.781. The fourth-order valence-corrected chi connectivity index (χ4v) is 2.23. The monoisotopic (exact) mass is 286 g/mol. The van der Waals surface area contributed by atoms with E-state index in [-0.39, 0.29) is 17.3 Å². The fourth-order valence-electron chi connectivity index (χ4n) is 1.86. The van der Waals surface area contributed by atoms with Gasteiger partial charge in [-0.2, -0.15) is 0 Å². The van der Waals surface area contributed by atoms with Gasteiger partial charge in [0.1, 0.15) is 5.82 Å². The van der Waals surface area contributed by atoms with Crippen molar-refractivity contribution in [1.82, 2.24) is 0 Å². The fraction of sp³-hybridized carbons (Fsp3) is 0.417. The van der Waals surface area contributed by atoms with Crippen molar-refractivity contribution in [1.29, 1.82) is 0 Å². The molecule has 86 valence electrons. The molecule has 1 aliphatic heterocycles. The molecule has 0 radical (unpaired) electrons. The first-order valence-electron chi connectivity index (χ1n) is 5.26. The highest BCUT2D eigenvalue weighted by Crippen LogP contribution is 2.24. The van der Waals surface area contributed by atoms with E-state index in [1.807, 2.05) is 0 Å². The molecule has 4 heteroatoms. The van der Waals surface area contributed by atoms with E-state index in [0.717, 1.165) is 12.8 Å². The molecular formula is C12H12BrFO2. The molecule has 16 heavy (non-hydrogen) atoms. The summed E-state index contributed by atoms with van der Waals surface area (Å²) in [6.07, 6.45) is 1.65. The van der Waals surface area contributed by atoms with Crippen LogP contribution in [0.2, 0.25) is 0 Å². The first-order valence-corrected chi connectivity index (χ1v) is 6.05. The maximum Gasteiger partial charge on any atom is 0.171 e. The Morgan fingerprint density at radius 1 is 1.50 bits per heavy atom. The Bertz CT molecular complexity index is 400. The lowest BCUT2D eigenvalue weighted by atomic mass is 9.92. The van der Waals surface area contributed by atoms with Gasteiger partial charge in [-0.3, -0.25) is 4.79 Å². The summed E-state index contributed by atoms with van der Waals surface area (Å²) in [6, 6.07) is 4.78. The molecule has 0 spiro atoms. The van der Waals surface area contributed by atoms with Gasteiger partial charge in [-0.15, -0.1) is 0 Å². The molecule has 2 rings (SSSR count). The third-order valence-electron chi connectivity index (χ3n) is 2.75. The lowest BCUT2D eigenvalue weighted by Crippen LogP contribution is -2.26. The Balaban J connectivity index is 2.22. The summed E-state index contributed by atoms with van der Waals surface area (Å²) in [6.45, 7) is 1.11. The summed E-state index contributed by atoms with van der Waals surface area (Å²) in [5.74, 6) is -0.825. The smallest absolute Gasteiger partial charge is 0.171 e. The average molecular weight is 287 g/mol. The van der Waals surface area contributed by atoms with Crippen LogP contribution >= 0.6 is 15.9 Å². The zero-order chi connectivity index (χ0) is 11.5. The minimum Gasteiger partial charge on any atom is -0.381 e. The number of benzene rings is 1. The Morgan fingerprint density at radius 2 is 2.31 bits per heavy atom. The molecule has 1 fully saturated rings. The Morgan fingerprint density at radius 3 is 3.00 bits per heavy atom. The Labute approximate surface area is 102 Å². The zero-order valence-corrected chi connectivity index (χ0v) is 10.3. The zero-order valence-electron chi connectivity index (χ0n) is 8.71. The number of halogens is 2. The van der Waals surface area contributed by atoms with E-state index in [1.165, 1.54) is 6.07 Å². The highest BCUT2D eigenvalue weighted by molar-refractivity contribution is 9.10. The van der Waals surface area contributed by atoms with Crippen LogP contribution in [0.1, 0.15) is 23.2 Å². The molecule has 1 aromatic rings. The van der Waals surface area contributed by atoms with Crippen molar-refractivity contribution in [3.63, 3.8) is 0 Å². The second-order valence-electron chi connectivity index (χ2n) is 3.88. The summed E-state index contributed by atoms with van der Waals surface area (Å²) in [5, 5.41) is 0. The number of carbonyl (C=O) groups is 1. The van der Waals surface area contributed by atoms with Crippen molar-refractivity contribution < 1.29 is 13.9 Å². The van der Waals surface area contributed by atoms with Crippen molar-refractivity contribution in [2.45, 2.75) is 12.8 Å². The van der Waals surface area contributed by atoms with Crippen LogP contribution in [0.25, 0.3) is 0 Å². The van der Waals surface area contributed by atoms with Crippen molar-refractivity contribution in [3.05, 3.63) is 34.1 Å². The lowest BCUT2D eigenvalue weighted by Gasteiger charge is -2.21. The molecule has 0 aromatic heterocycles. The predicted octanol–water partition coefficient (Wildman–Crippen LogP) is 3.20. The number of ether oxygens (including phenoxy) is 1. The predicted molar refractivity (Wildman–Crippen MR) is 62.0 cm³/mol. The first kappa shape index (κ1) is 11.7. The van der Waals surface area contributed by atoms with Gasteiger partial charge in [0, 0.05) is 12.5 Å². The number of carbonyl (C=O) groups excluding carboxylic acids is 1. The molecule has 0 N–H and O–H groups in total.